The summed E-state index contributed by atoms with van der Waals surface area (Å²) in [6, 6.07) is 4.28. The van der Waals surface area contributed by atoms with Crippen LogP contribution < -0.4 is 11.1 Å². The molecule has 0 saturated carbocycles. The van der Waals surface area contributed by atoms with Gasteiger partial charge in [0.2, 0.25) is 0 Å². The van der Waals surface area contributed by atoms with Crippen molar-refractivity contribution in [3.8, 4) is 0 Å². The molecule has 1 aromatic heterocycles. The lowest BCUT2D eigenvalue weighted by Crippen LogP contribution is -2.42. The highest BCUT2D eigenvalue weighted by atomic mass is 15.1. The number of fused-ring (bicyclic) bond motifs is 1. The van der Waals surface area contributed by atoms with E-state index in [1.54, 1.807) is 0 Å². The summed E-state index contributed by atoms with van der Waals surface area (Å²) in [4.78, 5) is 4.67. The molecule has 0 saturated heterocycles. The van der Waals surface area contributed by atoms with Crippen LogP contribution in [0.3, 0.4) is 0 Å². The molecule has 0 aromatic carbocycles. The Kier molecular flexibility index (Phi) is 3.15. The van der Waals surface area contributed by atoms with Crippen LogP contribution in [0.4, 0.5) is 5.82 Å². The highest BCUT2D eigenvalue weighted by Gasteiger charge is 2.21. The van der Waals surface area contributed by atoms with Crippen molar-refractivity contribution in [2.75, 3.05) is 11.9 Å². The van der Waals surface area contributed by atoms with Gasteiger partial charge in [0.25, 0.3) is 0 Å². The van der Waals surface area contributed by atoms with Gasteiger partial charge in [-0.15, -0.1) is 0 Å². The normalized spacial score (nSPS) is 17.9. The van der Waals surface area contributed by atoms with Crippen molar-refractivity contribution in [2.24, 2.45) is 5.73 Å². The van der Waals surface area contributed by atoms with Gasteiger partial charge in [-0.25, -0.2) is 4.98 Å². The van der Waals surface area contributed by atoms with Crippen molar-refractivity contribution in [1.29, 1.82) is 0 Å². The molecule has 3 nitrogen and oxygen atoms in total. The van der Waals surface area contributed by atoms with Gasteiger partial charge in [-0.05, 0) is 44.2 Å². The molecule has 0 amide bonds. The fourth-order valence-electron chi connectivity index (χ4n) is 2.08. The topological polar surface area (TPSA) is 50.9 Å². The molecule has 0 fully saturated rings. The zero-order chi connectivity index (χ0) is 11.6. The highest BCUT2D eigenvalue weighted by molar-refractivity contribution is 5.42. The summed E-state index contributed by atoms with van der Waals surface area (Å²) >= 11 is 0. The Balaban J connectivity index is 2.16. The van der Waals surface area contributed by atoms with Gasteiger partial charge in [-0.3, -0.25) is 0 Å². The second kappa shape index (κ2) is 4.42. The fraction of sp³-hybridized carbons (Fsp3) is 0.615. The lowest BCUT2D eigenvalue weighted by atomic mass is 9.99. The van der Waals surface area contributed by atoms with Crippen LogP contribution in [0, 0.1) is 0 Å². The van der Waals surface area contributed by atoms with Gasteiger partial charge in [0.15, 0.2) is 0 Å². The Morgan fingerprint density at radius 2 is 2.25 bits per heavy atom. The van der Waals surface area contributed by atoms with E-state index in [2.05, 4.69) is 36.3 Å². The van der Waals surface area contributed by atoms with Crippen LogP contribution in [0.1, 0.15) is 37.9 Å². The number of anilines is 1. The monoisotopic (exact) mass is 219 g/mol. The van der Waals surface area contributed by atoms with Gasteiger partial charge in [0, 0.05) is 17.8 Å². The number of hydrogen-bond donors (Lipinski definition) is 2. The molecule has 1 aliphatic rings. The van der Waals surface area contributed by atoms with Crippen molar-refractivity contribution in [2.45, 2.75) is 45.1 Å². The van der Waals surface area contributed by atoms with Gasteiger partial charge < -0.3 is 11.1 Å². The van der Waals surface area contributed by atoms with E-state index < -0.39 is 0 Å². The Morgan fingerprint density at radius 1 is 1.44 bits per heavy atom. The molecule has 0 radical (unpaired) electrons. The van der Waals surface area contributed by atoms with Gasteiger partial charge in [0.05, 0.1) is 0 Å². The molecule has 3 heteroatoms. The van der Waals surface area contributed by atoms with Crippen LogP contribution in [-0.2, 0) is 12.8 Å². The molecule has 0 bridgehead atoms. The largest absolute Gasteiger partial charge is 0.364 e. The third-order valence-corrected chi connectivity index (χ3v) is 3.59. The zero-order valence-electron chi connectivity index (χ0n) is 10.2. The number of nitrogens with zero attached hydrogens (tertiary/aromatic N) is 1. The smallest absolute Gasteiger partial charge is 0.126 e. The minimum absolute atomic E-state index is 0.0418. The van der Waals surface area contributed by atoms with Crippen molar-refractivity contribution >= 4 is 5.82 Å². The Morgan fingerprint density at radius 3 is 2.94 bits per heavy atom. The van der Waals surface area contributed by atoms with E-state index in [9.17, 15) is 0 Å². The van der Waals surface area contributed by atoms with E-state index in [4.69, 9.17) is 5.73 Å². The van der Waals surface area contributed by atoms with Gasteiger partial charge in [-0.1, -0.05) is 13.0 Å². The van der Waals surface area contributed by atoms with E-state index in [1.807, 2.05) is 0 Å². The third-order valence-electron chi connectivity index (χ3n) is 3.59. The van der Waals surface area contributed by atoms with Crippen molar-refractivity contribution < 1.29 is 0 Å². The average Bonchev–Trinajstić information content (AvgIpc) is 2.76. The second-order valence-electron chi connectivity index (χ2n) is 4.90. The number of aryl methyl sites for hydroxylation is 2. The summed E-state index contributed by atoms with van der Waals surface area (Å²) in [7, 11) is 0. The summed E-state index contributed by atoms with van der Waals surface area (Å²) in [5, 5.41) is 3.45. The van der Waals surface area contributed by atoms with Crippen LogP contribution in [-0.4, -0.2) is 17.1 Å². The fourth-order valence-corrected chi connectivity index (χ4v) is 2.08. The Labute approximate surface area is 97.5 Å². The van der Waals surface area contributed by atoms with E-state index >= 15 is 0 Å². The van der Waals surface area contributed by atoms with Gasteiger partial charge in [0.1, 0.15) is 5.82 Å². The zero-order valence-corrected chi connectivity index (χ0v) is 10.2. The van der Waals surface area contributed by atoms with E-state index in [0.29, 0.717) is 6.54 Å². The number of pyridine rings is 1. The van der Waals surface area contributed by atoms with Crippen LogP contribution in [0.15, 0.2) is 12.1 Å². The first-order valence-electron chi connectivity index (χ1n) is 6.14. The number of aromatic nitrogens is 1. The molecular weight excluding hydrogens is 198 g/mol. The first-order valence-corrected chi connectivity index (χ1v) is 6.14. The van der Waals surface area contributed by atoms with Crippen LogP contribution in [0.5, 0.6) is 0 Å². The summed E-state index contributed by atoms with van der Waals surface area (Å²) < 4.78 is 0. The maximum Gasteiger partial charge on any atom is 0.126 e. The number of nitrogens with two attached hydrogens (primary N) is 1. The molecule has 16 heavy (non-hydrogen) atoms. The van der Waals surface area contributed by atoms with Crippen LogP contribution in [0.2, 0.25) is 0 Å². The molecule has 3 N–H and O–H groups in total. The highest BCUT2D eigenvalue weighted by Crippen LogP contribution is 2.23. The quantitative estimate of drug-likeness (QED) is 0.815. The van der Waals surface area contributed by atoms with Gasteiger partial charge in [-0.2, -0.15) is 0 Å². The van der Waals surface area contributed by atoms with Crippen molar-refractivity contribution in [3.63, 3.8) is 0 Å². The standard InChI is InChI=1S/C13H21N3/c1-3-13(2,9-14)16-12-8-7-10-5-4-6-11(10)15-12/h7-8H,3-6,9,14H2,1-2H3,(H,15,16). The minimum atomic E-state index is -0.0418. The lowest BCUT2D eigenvalue weighted by Gasteiger charge is -2.28. The summed E-state index contributed by atoms with van der Waals surface area (Å²) in [6.45, 7) is 4.91. The first-order chi connectivity index (χ1) is 7.67. The molecule has 0 spiro atoms. The summed E-state index contributed by atoms with van der Waals surface area (Å²) in [5.41, 5.74) is 8.42. The molecule has 1 atom stereocenters. The third kappa shape index (κ3) is 2.19. The molecule has 1 aliphatic carbocycles. The molecule has 88 valence electrons. The number of nitrogens with one attached hydrogen (secondary N) is 1. The summed E-state index contributed by atoms with van der Waals surface area (Å²) in [5.74, 6) is 0.968. The van der Waals surface area contributed by atoms with Crippen LogP contribution in [0.25, 0.3) is 0 Å². The number of rotatable bonds is 4. The molecule has 0 aliphatic heterocycles. The van der Waals surface area contributed by atoms with Crippen molar-refractivity contribution in [1.82, 2.24) is 4.98 Å². The Hall–Kier alpha value is -1.09. The first kappa shape index (κ1) is 11.4. The molecule has 2 rings (SSSR count). The van der Waals surface area contributed by atoms with E-state index in [1.165, 1.54) is 24.1 Å². The molecule has 1 unspecified atom stereocenters. The molecular formula is C13H21N3. The van der Waals surface area contributed by atoms with Crippen LogP contribution >= 0.6 is 0 Å². The molecule has 1 heterocycles. The maximum absolute atomic E-state index is 5.79. The Bertz CT molecular complexity index is 369. The van der Waals surface area contributed by atoms with E-state index in [-0.39, 0.29) is 5.54 Å². The number of hydrogen-bond acceptors (Lipinski definition) is 3. The minimum Gasteiger partial charge on any atom is -0.364 e. The van der Waals surface area contributed by atoms with E-state index in [0.717, 1.165) is 18.7 Å². The second-order valence-corrected chi connectivity index (χ2v) is 4.90. The summed E-state index contributed by atoms with van der Waals surface area (Å²) in [6.07, 6.45) is 4.55. The maximum atomic E-state index is 5.79. The molecule has 1 aromatic rings. The predicted molar refractivity (Wildman–Crippen MR) is 67.6 cm³/mol. The SMILES string of the molecule is CCC(C)(CN)Nc1ccc2c(n1)CCC2. The van der Waals surface area contributed by atoms with Crippen molar-refractivity contribution in [3.05, 3.63) is 23.4 Å². The lowest BCUT2D eigenvalue weighted by molar-refractivity contribution is 0.504. The average molecular weight is 219 g/mol. The predicted octanol–water partition coefficient (Wildman–Crippen LogP) is 2.11. The van der Waals surface area contributed by atoms with Gasteiger partial charge >= 0.3 is 0 Å².